The van der Waals surface area contributed by atoms with Gasteiger partial charge in [-0.1, -0.05) is 30.3 Å². The van der Waals surface area contributed by atoms with E-state index in [-0.39, 0.29) is 0 Å². The summed E-state index contributed by atoms with van der Waals surface area (Å²) < 4.78 is 0. The molecule has 1 saturated heterocycles. The highest BCUT2D eigenvalue weighted by Crippen LogP contribution is 2.20. The van der Waals surface area contributed by atoms with Gasteiger partial charge in [0, 0.05) is 64.0 Å². The number of piperazine rings is 1. The molecule has 0 bridgehead atoms. The molecule has 25 heavy (non-hydrogen) atoms. The van der Waals surface area contributed by atoms with Crippen LogP contribution in [0.25, 0.3) is 0 Å². The monoisotopic (exact) mass is 337 g/mol. The van der Waals surface area contributed by atoms with Crippen LogP contribution in [0, 0.1) is 0 Å². The normalized spacial score (nSPS) is 19.0. The van der Waals surface area contributed by atoms with E-state index in [1.807, 2.05) is 0 Å². The van der Waals surface area contributed by atoms with Crippen LogP contribution in [0.4, 0.5) is 5.95 Å². The van der Waals surface area contributed by atoms with Crippen LogP contribution in [0.3, 0.4) is 0 Å². The summed E-state index contributed by atoms with van der Waals surface area (Å²) in [5, 5.41) is 0. The Bertz CT molecular complexity index is 694. The highest BCUT2D eigenvalue weighted by atomic mass is 15.3. The second-order valence-electron chi connectivity index (χ2n) is 7.19. The molecule has 1 aromatic heterocycles. The van der Waals surface area contributed by atoms with Crippen molar-refractivity contribution in [2.24, 2.45) is 0 Å². The van der Waals surface area contributed by atoms with Crippen molar-refractivity contribution in [1.29, 1.82) is 0 Å². The molecule has 0 spiro atoms. The van der Waals surface area contributed by atoms with Gasteiger partial charge in [-0.2, -0.15) is 0 Å². The number of rotatable bonds is 4. The van der Waals surface area contributed by atoms with Gasteiger partial charge in [0.1, 0.15) is 0 Å². The molecule has 1 fully saturated rings. The average molecular weight is 337 g/mol. The van der Waals surface area contributed by atoms with E-state index in [1.165, 1.54) is 16.8 Å². The third-order valence-electron chi connectivity index (χ3n) is 5.35. The summed E-state index contributed by atoms with van der Waals surface area (Å²) in [6.45, 7) is 7.41. The lowest BCUT2D eigenvalue weighted by Crippen LogP contribution is -2.45. The predicted molar refractivity (Wildman–Crippen MR) is 101 cm³/mol. The van der Waals surface area contributed by atoms with Gasteiger partial charge in [-0.25, -0.2) is 9.97 Å². The van der Waals surface area contributed by atoms with Crippen LogP contribution in [0.1, 0.15) is 16.8 Å². The smallest absolute Gasteiger partial charge is 0.225 e. The fourth-order valence-corrected chi connectivity index (χ4v) is 3.65. The average Bonchev–Trinajstić information content (AvgIpc) is 2.67. The highest BCUT2D eigenvalue weighted by Gasteiger charge is 2.21. The second kappa shape index (κ2) is 7.50. The summed E-state index contributed by atoms with van der Waals surface area (Å²) in [5.74, 6) is 0.921. The number of benzene rings is 1. The molecule has 0 unspecified atom stereocenters. The van der Waals surface area contributed by atoms with Gasteiger partial charge in [-0.3, -0.25) is 4.90 Å². The van der Waals surface area contributed by atoms with E-state index in [1.54, 1.807) is 0 Å². The second-order valence-corrected chi connectivity index (χ2v) is 7.19. The molecular formula is C20H27N5. The Balaban J connectivity index is 1.37. The van der Waals surface area contributed by atoms with Crippen molar-refractivity contribution in [2.45, 2.75) is 19.4 Å². The molecule has 1 aromatic carbocycles. The molecule has 0 N–H and O–H groups in total. The number of hydrogen-bond acceptors (Lipinski definition) is 5. The van der Waals surface area contributed by atoms with Crippen LogP contribution in [0.2, 0.25) is 0 Å². The molecule has 0 radical (unpaired) electrons. The quantitative estimate of drug-likeness (QED) is 0.851. The van der Waals surface area contributed by atoms with Crippen molar-refractivity contribution >= 4 is 5.95 Å². The van der Waals surface area contributed by atoms with E-state index in [9.17, 15) is 0 Å². The number of nitrogens with zero attached hydrogens (tertiary/aromatic N) is 5. The molecular weight excluding hydrogens is 310 g/mol. The molecule has 132 valence electrons. The number of hydrogen-bond donors (Lipinski definition) is 0. The standard InChI is InChI=1S/C20H27N5/c1-23-11-13-25(14-12-23)20-21-15-18-16-24(10-8-19(18)22-20)9-7-17-5-3-2-4-6-17/h2-6,15H,7-14,16H2,1H3. The van der Waals surface area contributed by atoms with Gasteiger partial charge in [0.15, 0.2) is 0 Å². The maximum atomic E-state index is 4.88. The van der Waals surface area contributed by atoms with Crippen molar-refractivity contribution in [2.75, 3.05) is 51.2 Å². The molecule has 0 aliphatic carbocycles. The Morgan fingerprint density at radius 2 is 1.80 bits per heavy atom. The fraction of sp³-hybridized carbons (Fsp3) is 0.500. The Morgan fingerprint density at radius 3 is 2.60 bits per heavy atom. The van der Waals surface area contributed by atoms with Gasteiger partial charge in [0.2, 0.25) is 5.95 Å². The first-order valence-electron chi connectivity index (χ1n) is 9.32. The molecule has 5 heteroatoms. The van der Waals surface area contributed by atoms with Crippen LogP contribution in [-0.2, 0) is 19.4 Å². The Kier molecular flexibility index (Phi) is 4.95. The minimum atomic E-state index is 0.921. The topological polar surface area (TPSA) is 35.5 Å². The number of fused-ring (bicyclic) bond motifs is 1. The molecule has 0 saturated carbocycles. The van der Waals surface area contributed by atoms with Gasteiger partial charge >= 0.3 is 0 Å². The predicted octanol–water partition coefficient (Wildman–Crippen LogP) is 1.83. The number of anilines is 1. The number of likely N-dealkylation sites (N-methyl/N-ethyl adjacent to an activating group) is 1. The van der Waals surface area contributed by atoms with Gasteiger partial charge < -0.3 is 9.80 Å². The first-order chi connectivity index (χ1) is 12.3. The lowest BCUT2D eigenvalue weighted by molar-refractivity contribution is 0.254. The first kappa shape index (κ1) is 16.5. The maximum Gasteiger partial charge on any atom is 0.225 e. The zero-order valence-corrected chi connectivity index (χ0v) is 15.1. The zero-order valence-electron chi connectivity index (χ0n) is 15.1. The van der Waals surface area contributed by atoms with Gasteiger partial charge in [0.05, 0.1) is 5.69 Å². The van der Waals surface area contributed by atoms with Crippen molar-refractivity contribution < 1.29 is 0 Å². The molecule has 3 heterocycles. The lowest BCUT2D eigenvalue weighted by atomic mass is 10.1. The fourth-order valence-electron chi connectivity index (χ4n) is 3.65. The molecule has 4 rings (SSSR count). The first-order valence-corrected chi connectivity index (χ1v) is 9.32. The third-order valence-corrected chi connectivity index (χ3v) is 5.35. The molecule has 5 nitrogen and oxygen atoms in total. The van der Waals surface area contributed by atoms with E-state index >= 15 is 0 Å². The Labute approximate surface area is 150 Å². The van der Waals surface area contributed by atoms with Crippen molar-refractivity contribution in [3.05, 3.63) is 53.3 Å². The van der Waals surface area contributed by atoms with Gasteiger partial charge in [-0.05, 0) is 19.0 Å². The molecule has 2 aromatic rings. The largest absolute Gasteiger partial charge is 0.338 e. The molecule has 2 aliphatic rings. The van der Waals surface area contributed by atoms with E-state index in [2.05, 4.69) is 63.3 Å². The van der Waals surface area contributed by atoms with Crippen LogP contribution in [0.15, 0.2) is 36.5 Å². The summed E-state index contributed by atoms with van der Waals surface area (Å²) >= 11 is 0. The third kappa shape index (κ3) is 3.99. The van der Waals surface area contributed by atoms with Crippen LogP contribution in [0.5, 0.6) is 0 Å². The Hall–Kier alpha value is -1.98. The number of aromatic nitrogens is 2. The molecule has 2 aliphatic heterocycles. The minimum Gasteiger partial charge on any atom is -0.338 e. The lowest BCUT2D eigenvalue weighted by Gasteiger charge is -2.33. The Morgan fingerprint density at radius 1 is 1.00 bits per heavy atom. The van der Waals surface area contributed by atoms with E-state index in [0.29, 0.717) is 0 Å². The van der Waals surface area contributed by atoms with Crippen LogP contribution >= 0.6 is 0 Å². The van der Waals surface area contributed by atoms with Gasteiger partial charge in [-0.15, -0.1) is 0 Å². The molecule has 0 amide bonds. The van der Waals surface area contributed by atoms with Crippen molar-refractivity contribution in [1.82, 2.24) is 19.8 Å². The maximum absolute atomic E-state index is 4.88. The van der Waals surface area contributed by atoms with Crippen molar-refractivity contribution in [3.63, 3.8) is 0 Å². The summed E-state index contributed by atoms with van der Waals surface area (Å²) in [7, 11) is 2.18. The SMILES string of the molecule is CN1CCN(c2ncc3c(n2)CCN(CCc2ccccc2)C3)CC1. The summed E-state index contributed by atoms with van der Waals surface area (Å²) in [4.78, 5) is 16.8. The zero-order chi connectivity index (χ0) is 17.1. The highest BCUT2D eigenvalue weighted by molar-refractivity contribution is 5.35. The van der Waals surface area contributed by atoms with Crippen molar-refractivity contribution in [3.8, 4) is 0 Å². The molecule has 0 atom stereocenters. The van der Waals surface area contributed by atoms with E-state index in [0.717, 1.165) is 64.6 Å². The van der Waals surface area contributed by atoms with E-state index < -0.39 is 0 Å². The summed E-state index contributed by atoms with van der Waals surface area (Å²) in [6, 6.07) is 10.7. The minimum absolute atomic E-state index is 0.921. The van der Waals surface area contributed by atoms with Crippen LogP contribution in [-0.4, -0.2) is 66.1 Å². The van der Waals surface area contributed by atoms with E-state index in [4.69, 9.17) is 4.98 Å². The summed E-state index contributed by atoms with van der Waals surface area (Å²) in [6.07, 6.45) is 4.20. The van der Waals surface area contributed by atoms with Gasteiger partial charge in [0.25, 0.3) is 0 Å². The van der Waals surface area contributed by atoms with Crippen LogP contribution < -0.4 is 4.90 Å². The summed E-state index contributed by atoms with van der Waals surface area (Å²) in [5.41, 5.74) is 3.96.